The molecule has 1 aliphatic rings. The number of fused-ring (bicyclic) bond motifs is 1. The minimum atomic E-state index is -0.418. The zero-order chi connectivity index (χ0) is 19.0. The molecule has 1 aliphatic heterocycles. The van der Waals surface area contributed by atoms with Gasteiger partial charge >= 0.3 is 0 Å². The SMILES string of the molecule is Cc1ccnc2nc(C(=O)N3CCN(c4ccc([N+](=O)[O-])cc4)CC3)nn12. The maximum absolute atomic E-state index is 12.7. The van der Waals surface area contributed by atoms with Crippen LogP contribution in [0.1, 0.15) is 16.3 Å². The molecule has 0 saturated carbocycles. The van der Waals surface area contributed by atoms with Crippen molar-refractivity contribution in [2.24, 2.45) is 0 Å². The highest BCUT2D eigenvalue weighted by Crippen LogP contribution is 2.21. The van der Waals surface area contributed by atoms with Gasteiger partial charge in [0.1, 0.15) is 0 Å². The highest BCUT2D eigenvalue weighted by Gasteiger charge is 2.25. The van der Waals surface area contributed by atoms with Gasteiger partial charge in [0, 0.05) is 55.9 Å². The predicted octanol–water partition coefficient (Wildman–Crippen LogP) is 1.30. The molecule has 2 aromatic heterocycles. The molecule has 3 heterocycles. The smallest absolute Gasteiger partial charge is 0.293 e. The molecule has 1 aromatic carbocycles. The number of carbonyl (C=O) groups is 1. The summed E-state index contributed by atoms with van der Waals surface area (Å²) in [6.07, 6.45) is 1.64. The zero-order valence-electron chi connectivity index (χ0n) is 14.6. The molecule has 10 heteroatoms. The van der Waals surface area contributed by atoms with E-state index in [-0.39, 0.29) is 17.4 Å². The minimum Gasteiger partial charge on any atom is -0.368 e. The van der Waals surface area contributed by atoms with Gasteiger partial charge in [0.15, 0.2) is 0 Å². The third-order valence-electron chi connectivity index (χ3n) is 4.61. The molecule has 0 spiro atoms. The fraction of sp³-hybridized carbons (Fsp3) is 0.294. The number of nitro benzene ring substituents is 1. The fourth-order valence-electron chi connectivity index (χ4n) is 3.09. The van der Waals surface area contributed by atoms with Gasteiger partial charge < -0.3 is 9.80 Å². The van der Waals surface area contributed by atoms with Gasteiger partial charge in [-0.25, -0.2) is 9.50 Å². The number of amides is 1. The minimum absolute atomic E-state index is 0.0642. The standard InChI is InChI=1S/C17H17N7O3/c1-12-6-7-18-17-19-15(20-23(12)17)16(25)22-10-8-21(9-11-22)13-2-4-14(5-3-13)24(26)27/h2-7H,8-11H2,1H3. The highest BCUT2D eigenvalue weighted by molar-refractivity contribution is 5.91. The van der Waals surface area contributed by atoms with Gasteiger partial charge in [-0.1, -0.05) is 0 Å². The Morgan fingerprint density at radius 3 is 2.44 bits per heavy atom. The Balaban J connectivity index is 1.44. The van der Waals surface area contributed by atoms with E-state index in [1.165, 1.54) is 12.1 Å². The molecule has 138 valence electrons. The number of piperazine rings is 1. The number of benzene rings is 1. The summed E-state index contributed by atoms with van der Waals surface area (Å²) in [6.45, 7) is 4.19. The molecule has 0 atom stereocenters. The van der Waals surface area contributed by atoms with E-state index in [4.69, 9.17) is 0 Å². The molecule has 27 heavy (non-hydrogen) atoms. The maximum atomic E-state index is 12.7. The van der Waals surface area contributed by atoms with Crippen molar-refractivity contribution in [1.82, 2.24) is 24.5 Å². The first-order chi connectivity index (χ1) is 13.0. The van der Waals surface area contributed by atoms with Gasteiger partial charge in [-0.3, -0.25) is 14.9 Å². The normalized spacial score (nSPS) is 14.6. The van der Waals surface area contributed by atoms with Gasteiger partial charge in [-0.2, -0.15) is 4.98 Å². The van der Waals surface area contributed by atoms with Crippen LogP contribution in [0.4, 0.5) is 11.4 Å². The summed E-state index contributed by atoms with van der Waals surface area (Å²) < 4.78 is 1.56. The van der Waals surface area contributed by atoms with E-state index in [1.54, 1.807) is 33.8 Å². The number of carbonyl (C=O) groups excluding carboxylic acids is 1. The molecule has 1 saturated heterocycles. The first kappa shape index (κ1) is 16.9. The summed E-state index contributed by atoms with van der Waals surface area (Å²) in [5, 5.41) is 15.0. The van der Waals surface area contributed by atoms with Crippen molar-refractivity contribution in [1.29, 1.82) is 0 Å². The number of hydrogen-bond acceptors (Lipinski definition) is 7. The summed E-state index contributed by atoms with van der Waals surface area (Å²) in [6, 6.07) is 8.24. The molecular weight excluding hydrogens is 350 g/mol. The molecule has 0 aliphatic carbocycles. The largest absolute Gasteiger partial charge is 0.368 e. The number of anilines is 1. The fourth-order valence-corrected chi connectivity index (χ4v) is 3.09. The monoisotopic (exact) mass is 367 g/mol. The van der Waals surface area contributed by atoms with Crippen LogP contribution in [-0.4, -0.2) is 61.5 Å². The summed E-state index contributed by atoms with van der Waals surface area (Å²) in [7, 11) is 0. The van der Waals surface area contributed by atoms with E-state index < -0.39 is 4.92 Å². The van der Waals surface area contributed by atoms with E-state index in [1.807, 2.05) is 6.92 Å². The summed E-state index contributed by atoms with van der Waals surface area (Å²) in [5.74, 6) is 0.326. The van der Waals surface area contributed by atoms with E-state index in [2.05, 4.69) is 20.0 Å². The molecule has 1 amide bonds. The van der Waals surface area contributed by atoms with Crippen LogP contribution in [0, 0.1) is 17.0 Å². The summed E-state index contributed by atoms with van der Waals surface area (Å²) in [4.78, 5) is 35.2. The van der Waals surface area contributed by atoms with Crippen LogP contribution in [0.2, 0.25) is 0 Å². The van der Waals surface area contributed by atoms with Gasteiger partial charge in [0.25, 0.3) is 17.4 Å². The number of non-ortho nitro benzene ring substituents is 1. The van der Waals surface area contributed by atoms with Gasteiger partial charge in [0.05, 0.1) is 4.92 Å². The van der Waals surface area contributed by atoms with Crippen molar-refractivity contribution >= 4 is 23.1 Å². The number of rotatable bonds is 3. The Kier molecular flexibility index (Phi) is 4.15. The second-order valence-electron chi connectivity index (χ2n) is 6.29. The van der Waals surface area contributed by atoms with Crippen molar-refractivity contribution in [3.63, 3.8) is 0 Å². The van der Waals surface area contributed by atoms with Crippen LogP contribution in [0.5, 0.6) is 0 Å². The van der Waals surface area contributed by atoms with Crippen LogP contribution in [0.25, 0.3) is 5.78 Å². The third kappa shape index (κ3) is 3.16. The third-order valence-corrected chi connectivity index (χ3v) is 4.61. The van der Waals surface area contributed by atoms with E-state index in [0.717, 1.165) is 11.4 Å². The Morgan fingerprint density at radius 2 is 1.81 bits per heavy atom. The van der Waals surface area contributed by atoms with E-state index in [9.17, 15) is 14.9 Å². The van der Waals surface area contributed by atoms with E-state index in [0.29, 0.717) is 32.0 Å². The Hall–Kier alpha value is -3.56. The van der Waals surface area contributed by atoms with Crippen molar-refractivity contribution in [2.75, 3.05) is 31.1 Å². The zero-order valence-corrected chi connectivity index (χ0v) is 14.6. The lowest BCUT2D eigenvalue weighted by molar-refractivity contribution is -0.384. The second-order valence-corrected chi connectivity index (χ2v) is 6.29. The summed E-state index contributed by atoms with van der Waals surface area (Å²) in [5.41, 5.74) is 1.82. The topological polar surface area (TPSA) is 110 Å². The lowest BCUT2D eigenvalue weighted by Gasteiger charge is -2.35. The number of nitro groups is 1. The van der Waals surface area contributed by atoms with Gasteiger partial charge in [0.2, 0.25) is 5.82 Å². The van der Waals surface area contributed by atoms with Crippen LogP contribution >= 0.6 is 0 Å². The Bertz CT molecular complexity index is 1010. The summed E-state index contributed by atoms with van der Waals surface area (Å²) >= 11 is 0. The maximum Gasteiger partial charge on any atom is 0.293 e. The van der Waals surface area contributed by atoms with Crippen LogP contribution in [-0.2, 0) is 0 Å². The molecule has 0 bridgehead atoms. The molecule has 1 fully saturated rings. The lowest BCUT2D eigenvalue weighted by atomic mass is 10.2. The van der Waals surface area contributed by atoms with Crippen molar-refractivity contribution in [3.05, 3.63) is 58.2 Å². The average Bonchev–Trinajstić information content (AvgIpc) is 3.13. The van der Waals surface area contributed by atoms with E-state index >= 15 is 0 Å². The predicted molar refractivity (Wildman–Crippen MR) is 96.7 cm³/mol. The van der Waals surface area contributed by atoms with Gasteiger partial charge in [-0.05, 0) is 25.1 Å². The van der Waals surface area contributed by atoms with Crippen molar-refractivity contribution in [3.8, 4) is 0 Å². The molecule has 0 radical (unpaired) electrons. The van der Waals surface area contributed by atoms with Crippen LogP contribution in [0.3, 0.4) is 0 Å². The molecular formula is C17H17N7O3. The van der Waals surface area contributed by atoms with Crippen LogP contribution < -0.4 is 4.90 Å². The first-order valence-corrected chi connectivity index (χ1v) is 8.50. The molecule has 0 N–H and O–H groups in total. The second kappa shape index (κ2) is 6.63. The van der Waals surface area contributed by atoms with Crippen molar-refractivity contribution < 1.29 is 9.72 Å². The quantitative estimate of drug-likeness (QED) is 0.507. The number of aryl methyl sites for hydroxylation is 1. The first-order valence-electron chi connectivity index (χ1n) is 8.50. The molecule has 0 unspecified atom stereocenters. The number of nitrogens with zero attached hydrogens (tertiary/aromatic N) is 7. The Morgan fingerprint density at radius 1 is 1.11 bits per heavy atom. The van der Waals surface area contributed by atoms with Crippen molar-refractivity contribution in [2.45, 2.75) is 6.92 Å². The number of aromatic nitrogens is 4. The van der Waals surface area contributed by atoms with Crippen LogP contribution in [0.15, 0.2) is 36.5 Å². The lowest BCUT2D eigenvalue weighted by Crippen LogP contribution is -2.49. The molecule has 10 nitrogen and oxygen atoms in total. The Labute approximate surface area is 154 Å². The highest BCUT2D eigenvalue weighted by atomic mass is 16.6. The average molecular weight is 367 g/mol. The van der Waals surface area contributed by atoms with Gasteiger partial charge in [-0.15, -0.1) is 5.10 Å². The number of hydrogen-bond donors (Lipinski definition) is 0. The molecule has 4 rings (SSSR count). The molecule has 3 aromatic rings.